The van der Waals surface area contributed by atoms with E-state index in [0.717, 1.165) is 65.0 Å². The summed E-state index contributed by atoms with van der Waals surface area (Å²) in [4.78, 5) is 28.7. The summed E-state index contributed by atoms with van der Waals surface area (Å²) >= 11 is 0. The first-order chi connectivity index (χ1) is 23.4. The highest BCUT2D eigenvalue weighted by atomic mass is 32.2. The number of anilines is 1. The number of amides is 1. The van der Waals surface area contributed by atoms with Crippen molar-refractivity contribution >= 4 is 21.9 Å². The minimum atomic E-state index is -3.41. The molecule has 4 saturated heterocycles. The van der Waals surface area contributed by atoms with E-state index in [0.29, 0.717) is 37.2 Å². The molecule has 1 N–H and O–H groups in total. The van der Waals surface area contributed by atoms with Gasteiger partial charge in [-0.3, -0.25) is 9.69 Å². The van der Waals surface area contributed by atoms with Crippen LogP contribution in [0.1, 0.15) is 63.7 Å². The molecule has 5 aliphatic heterocycles. The van der Waals surface area contributed by atoms with Crippen molar-refractivity contribution in [1.82, 2.24) is 33.7 Å². The number of likely N-dealkylation sites (tertiary alicyclic amines) is 1. The number of benzene rings is 1. The fraction of sp³-hybridized carbons (Fsp3) is 0.629. The van der Waals surface area contributed by atoms with E-state index < -0.39 is 16.0 Å². The molecule has 14 heteroatoms. The van der Waals surface area contributed by atoms with Gasteiger partial charge in [0.2, 0.25) is 0 Å². The molecule has 49 heavy (non-hydrogen) atoms. The zero-order valence-electron chi connectivity index (χ0n) is 29.0. The highest BCUT2D eigenvalue weighted by molar-refractivity contribution is 7.86. The van der Waals surface area contributed by atoms with Crippen LogP contribution >= 0.6 is 0 Å². The van der Waals surface area contributed by atoms with Crippen LogP contribution in [0.3, 0.4) is 0 Å². The number of carbonyl (C=O) groups is 1. The maximum Gasteiger partial charge on any atom is 0.282 e. The molecule has 4 fully saturated rings. The third kappa shape index (κ3) is 6.82. The summed E-state index contributed by atoms with van der Waals surface area (Å²) in [5.74, 6) is 0.590. The second-order valence-electron chi connectivity index (χ2n) is 15.0. The molecule has 2 atom stereocenters. The lowest BCUT2D eigenvalue weighted by atomic mass is 9.72. The lowest BCUT2D eigenvalue weighted by Gasteiger charge is -2.54. The van der Waals surface area contributed by atoms with Crippen molar-refractivity contribution in [3.05, 3.63) is 53.8 Å². The van der Waals surface area contributed by atoms with Crippen molar-refractivity contribution in [3.8, 4) is 11.5 Å². The summed E-state index contributed by atoms with van der Waals surface area (Å²) in [6, 6.07) is 4.30. The minimum Gasteiger partial charge on any atom is -0.451 e. The fourth-order valence-corrected chi connectivity index (χ4v) is 10.2. The topological polar surface area (TPSA) is 114 Å². The van der Waals surface area contributed by atoms with Crippen LogP contribution in [0.4, 0.5) is 10.2 Å². The van der Waals surface area contributed by atoms with Crippen LogP contribution in [0.5, 0.6) is 11.5 Å². The number of ether oxygens (including phenoxy) is 1. The Bertz CT molecular complexity index is 1680. The normalized spacial score (nSPS) is 24.5. The molecule has 7 rings (SSSR count). The number of carbonyl (C=O) groups excluding carboxylic acids is 1. The minimum absolute atomic E-state index is 0.0654. The third-order valence-electron chi connectivity index (χ3n) is 11.0. The van der Waals surface area contributed by atoms with Crippen molar-refractivity contribution in [1.29, 1.82) is 0 Å². The monoisotopic (exact) mass is 696 g/mol. The van der Waals surface area contributed by atoms with Gasteiger partial charge >= 0.3 is 0 Å². The predicted molar refractivity (Wildman–Crippen MR) is 185 cm³/mol. The van der Waals surface area contributed by atoms with E-state index in [1.54, 1.807) is 19.7 Å². The Balaban J connectivity index is 0.940. The van der Waals surface area contributed by atoms with E-state index in [2.05, 4.69) is 31.2 Å². The van der Waals surface area contributed by atoms with Gasteiger partial charge in [0.15, 0.2) is 11.6 Å². The van der Waals surface area contributed by atoms with Gasteiger partial charge in [-0.1, -0.05) is 11.6 Å². The number of hydrogen-bond acceptors (Lipinski definition) is 9. The number of aromatic nitrogens is 2. The van der Waals surface area contributed by atoms with Crippen LogP contribution in [-0.4, -0.2) is 126 Å². The Morgan fingerprint density at radius 3 is 2.51 bits per heavy atom. The van der Waals surface area contributed by atoms with E-state index in [1.165, 1.54) is 30.1 Å². The maximum atomic E-state index is 14.4. The largest absolute Gasteiger partial charge is 0.451 e. The van der Waals surface area contributed by atoms with Crippen LogP contribution in [0.25, 0.3) is 0 Å². The summed E-state index contributed by atoms with van der Waals surface area (Å²) < 4.78 is 50.6. The molecule has 0 saturated carbocycles. The first-order valence-electron chi connectivity index (χ1n) is 17.7. The van der Waals surface area contributed by atoms with Crippen LogP contribution < -0.4 is 15.0 Å². The van der Waals surface area contributed by atoms with E-state index in [1.807, 2.05) is 27.7 Å². The van der Waals surface area contributed by atoms with Crippen molar-refractivity contribution < 1.29 is 22.3 Å². The number of fused-ring (bicyclic) bond motifs is 2. The molecule has 6 heterocycles. The van der Waals surface area contributed by atoms with E-state index in [-0.39, 0.29) is 40.8 Å². The number of rotatable bonds is 10. The van der Waals surface area contributed by atoms with E-state index >= 15 is 0 Å². The molecule has 1 spiro atoms. The van der Waals surface area contributed by atoms with Crippen molar-refractivity contribution in [3.63, 3.8) is 0 Å². The van der Waals surface area contributed by atoms with Crippen molar-refractivity contribution in [2.75, 3.05) is 63.8 Å². The maximum absolute atomic E-state index is 14.4. The lowest BCUT2D eigenvalue weighted by Crippen LogP contribution is -2.61. The second kappa shape index (κ2) is 13.5. The first kappa shape index (κ1) is 34.3. The van der Waals surface area contributed by atoms with Gasteiger partial charge in [0.1, 0.15) is 17.9 Å². The number of nitrogens with one attached hydrogen (secondary N) is 1. The van der Waals surface area contributed by atoms with Crippen LogP contribution in [0.2, 0.25) is 0 Å². The predicted octanol–water partition coefficient (Wildman–Crippen LogP) is 3.49. The van der Waals surface area contributed by atoms with Crippen LogP contribution in [0, 0.1) is 11.2 Å². The third-order valence-corrected chi connectivity index (χ3v) is 13.0. The molecule has 12 nitrogen and oxygen atoms in total. The molecule has 1 amide bonds. The summed E-state index contributed by atoms with van der Waals surface area (Å²) in [5, 5.41) is 3.39. The molecule has 266 valence electrons. The molecule has 2 bridgehead atoms. The van der Waals surface area contributed by atoms with Gasteiger partial charge in [-0.05, 0) is 84.7 Å². The molecule has 1 aromatic heterocycles. The average molecular weight is 697 g/mol. The van der Waals surface area contributed by atoms with Gasteiger partial charge in [0, 0.05) is 75.4 Å². The lowest BCUT2D eigenvalue weighted by molar-refractivity contribution is 0.0640. The Morgan fingerprint density at radius 1 is 1.12 bits per heavy atom. The Morgan fingerprint density at radius 2 is 1.88 bits per heavy atom. The SMILES string of the molecule is CC(C)N(C(=O)c1cc(F)ccc1Oc1cncnc1N1CC2(CCN(CC3=CCN(S(=O)(=O)N4C[C@@H]5C[C@H]4CN5)CC3)CC2)C1)C(C)C. The Hall–Kier alpha value is -3.17. The zero-order chi connectivity index (χ0) is 34.5. The highest BCUT2D eigenvalue weighted by Gasteiger charge is 2.47. The van der Waals surface area contributed by atoms with Gasteiger partial charge in [0.25, 0.3) is 16.1 Å². The van der Waals surface area contributed by atoms with Crippen LogP contribution in [-0.2, 0) is 10.2 Å². The number of halogens is 1. The van der Waals surface area contributed by atoms with Gasteiger partial charge in [0.05, 0.1) is 11.8 Å². The molecule has 1 aromatic carbocycles. The Labute approximate surface area is 289 Å². The summed E-state index contributed by atoms with van der Waals surface area (Å²) in [6.45, 7) is 14.7. The van der Waals surface area contributed by atoms with Gasteiger partial charge < -0.3 is 19.9 Å². The molecular formula is C35H49FN8O4S. The van der Waals surface area contributed by atoms with E-state index in [9.17, 15) is 17.6 Å². The number of nitrogens with zero attached hydrogens (tertiary/aromatic N) is 7. The summed E-state index contributed by atoms with van der Waals surface area (Å²) in [5.41, 5.74) is 1.69. The van der Waals surface area contributed by atoms with E-state index in [4.69, 9.17) is 4.74 Å². The molecule has 0 radical (unpaired) electrons. The first-order valence-corrected chi connectivity index (χ1v) is 19.1. The molecule has 0 unspecified atom stereocenters. The fourth-order valence-electron chi connectivity index (χ4n) is 8.40. The quantitative estimate of drug-likeness (QED) is 0.373. The molecule has 5 aliphatic rings. The smallest absolute Gasteiger partial charge is 0.282 e. The standard InChI is InChI=1S/C35H49FN8O4S/c1-24(2)44(25(3)4)34(45)30-15-27(36)5-6-31(30)48-32-18-37-23-39-33(32)41-21-35(22-41)9-13-40(14-10-35)19-26-7-11-42(12-8-26)49(46,47)43-20-28-16-29(43)17-38-28/h5-7,15,18,23-25,28-29,38H,8-14,16-17,19-22H2,1-4H3/t28-,29-/m0/s1. The van der Waals surface area contributed by atoms with Gasteiger partial charge in [-0.25, -0.2) is 14.4 Å². The zero-order valence-corrected chi connectivity index (χ0v) is 29.8. The van der Waals surface area contributed by atoms with Crippen molar-refractivity contribution in [2.24, 2.45) is 5.41 Å². The molecule has 2 aromatic rings. The molecular weight excluding hydrogens is 648 g/mol. The van der Waals surface area contributed by atoms with Gasteiger partial charge in [-0.15, -0.1) is 0 Å². The summed E-state index contributed by atoms with van der Waals surface area (Å²) in [7, 11) is -3.41. The summed E-state index contributed by atoms with van der Waals surface area (Å²) in [6.07, 6.45) is 9.07. The average Bonchev–Trinajstić information content (AvgIpc) is 3.70. The highest BCUT2D eigenvalue weighted by Crippen LogP contribution is 2.45. The van der Waals surface area contributed by atoms with Crippen molar-refractivity contribution in [2.45, 2.75) is 77.5 Å². The number of piperidine rings is 1. The number of piperazine rings is 1. The second-order valence-corrected chi connectivity index (χ2v) is 16.9. The van der Waals surface area contributed by atoms with Crippen LogP contribution in [0.15, 0.2) is 42.4 Å². The Kier molecular flexibility index (Phi) is 9.46. The van der Waals surface area contributed by atoms with Gasteiger partial charge in [-0.2, -0.15) is 17.0 Å². The molecule has 0 aliphatic carbocycles. The number of hydrogen-bond donors (Lipinski definition) is 1.